The van der Waals surface area contributed by atoms with E-state index in [-0.39, 0.29) is 18.4 Å². The standard InChI is InChI=1S/C14H20ClN5O4S/c1-2-5-25-14-16-12(15)9-13(17-14)20(19-18-9)7-6-8(24-4-3-21)11(23)10(7)22/h7-8,10-11,21-23H,2-6H2,1H3/t7-,8+,10+,11-/m1/s1. The summed E-state index contributed by atoms with van der Waals surface area (Å²) >= 11 is 7.66. The first kappa shape index (κ1) is 18.7. The molecule has 1 aliphatic rings. The van der Waals surface area contributed by atoms with E-state index in [0.717, 1.165) is 12.2 Å². The van der Waals surface area contributed by atoms with E-state index in [9.17, 15) is 10.2 Å². The predicted molar refractivity (Wildman–Crippen MR) is 91.6 cm³/mol. The van der Waals surface area contributed by atoms with Crippen molar-refractivity contribution in [2.45, 2.75) is 49.3 Å². The summed E-state index contributed by atoms with van der Waals surface area (Å²) in [6.45, 7) is 1.99. The zero-order chi connectivity index (χ0) is 18.0. The van der Waals surface area contributed by atoms with Crippen LogP contribution in [-0.4, -0.2) is 77.6 Å². The summed E-state index contributed by atoms with van der Waals surface area (Å²) in [6.07, 6.45) is -1.48. The molecule has 1 saturated carbocycles. The van der Waals surface area contributed by atoms with Gasteiger partial charge in [-0.25, -0.2) is 14.6 Å². The molecule has 2 heterocycles. The van der Waals surface area contributed by atoms with Crippen LogP contribution in [0.3, 0.4) is 0 Å². The molecule has 2 aromatic rings. The molecule has 0 unspecified atom stereocenters. The van der Waals surface area contributed by atoms with Crippen LogP contribution in [0, 0.1) is 0 Å². The third-order valence-corrected chi connectivity index (χ3v) is 5.35. The molecule has 11 heteroatoms. The van der Waals surface area contributed by atoms with Crippen LogP contribution in [0.15, 0.2) is 5.16 Å². The molecule has 138 valence electrons. The van der Waals surface area contributed by atoms with E-state index in [2.05, 4.69) is 27.2 Å². The summed E-state index contributed by atoms with van der Waals surface area (Å²) in [6, 6.07) is -0.557. The van der Waals surface area contributed by atoms with Crippen LogP contribution < -0.4 is 0 Å². The number of rotatable bonds is 7. The second kappa shape index (κ2) is 8.11. The number of halogens is 1. The first-order chi connectivity index (χ1) is 12.1. The maximum atomic E-state index is 10.4. The number of aromatic nitrogens is 5. The molecule has 4 atom stereocenters. The van der Waals surface area contributed by atoms with Gasteiger partial charge in [-0.3, -0.25) is 0 Å². The van der Waals surface area contributed by atoms with Crippen LogP contribution in [0.5, 0.6) is 0 Å². The van der Waals surface area contributed by atoms with Crippen molar-refractivity contribution in [2.24, 2.45) is 0 Å². The minimum Gasteiger partial charge on any atom is -0.394 e. The van der Waals surface area contributed by atoms with Crippen molar-refractivity contribution in [1.29, 1.82) is 0 Å². The van der Waals surface area contributed by atoms with E-state index in [1.165, 1.54) is 16.4 Å². The van der Waals surface area contributed by atoms with E-state index >= 15 is 0 Å². The van der Waals surface area contributed by atoms with Gasteiger partial charge in [-0.15, -0.1) is 5.10 Å². The highest BCUT2D eigenvalue weighted by Gasteiger charge is 2.44. The van der Waals surface area contributed by atoms with Gasteiger partial charge in [0.2, 0.25) is 0 Å². The lowest BCUT2D eigenvalue weighted by molar-refractivity contribution is -0.0629. The van der Waals surface area contributed by atoms with Gasteiger partial charge in [-0.05, 0) is 6.42 Å². The molecule has 25 heavy (non-hydrogen) atoms. The fraction of sp³-hybridized carbons (Fsp3) is 0.714. The number of nitrogens with zero attached hydrogens (tertiary/aromatic N) is 5. The van der Waals surface area contributed by atoms with Crippen molar-refractivity contribution in [1.82, 2.24) is 25.0 Å². The molecule has 9 nitrogen and oxygen atoms in total. The van der Waals surface area contributed by atoms with Gasteiger partial charge in [0.25, 0.3) is 0 Å². The number of aliphatic hydroxyl groups excluding tert-OH is 3. The Morgan fingerprint density at radius 1 is 1.32 bits per heavy atom. The van der Waals surface area contributed by atoms with Gasteiger partial charge >= 0.3 is 0 Å². The normalized spacial score (nSPS) is 26.6. The summed E-state index contributed by atoms with van der Waals surface area (Å²) in [5, 5.41) is 38.2. The van der Waals surface area contributed by atoms with Crippen molar-refractivity contribution in [2.75, 3.05) is 19.0 Å². The number of hydrogen-bond donors (Lipinski definition) is 3. The van der Waals surface area contributed by atoms with Gasteiger partial charge in [-0.1, -0.05) is 35.5 Å². The molecule has 1 fully saturated rings. The zero-order valence-electron chi connectivity index (χ0n) is 13.6. The summed E-state index contributed by atoms with van der Waals surface area (Å²) < 4.78 is 6.86. The van der Waals surface area contributed by atoms with E-state index in [1.807, 2.05) is 0 Å². The third-order valence-electron chi connectivity index (χ3n) is 4.03. The summed E-state index contributed by atoms with van der Waals surface area (Å²) in [7, 11) is 0. The molecule has 0 spiro atoms. The third kappa shape index (κ3) is 3.74. The van der Waals surface area contributed by atoms with Crippen LogP contribution in [0.4, 0.5) is 0 Å². The van der Waals surface area contributed by atoms with E-state index in [4.69, 9.17) is 21.4 Å². The van der Waals surface area contributed by atoms with Crippen molar-refractivity contribution in [3.05, 3.63) is 5.15 Å². The maximum Gasteiger partial charge on any atom is 0.191 e. The lowest BCUT2D eigenvalue weighted by atomic mass is 10.2. The number of aliphatic hydroxyl groups is 3. The molecule has 3 N–H and O–H groups in total. The largest absolute Gasteiger partial charge is 0.394 e. The Kier molecular flexibility index (Phi) is 6.08. The molecular weight excluding hydrogens is 370 g/mol. The molecule has 0 amide bonds. The first-order valence-corrected chi connectivity index (χ1v) is 9.43. The Hall–Kier alpha value is -1.04. The Bertz CT molecular complexity index is 733. The van der Waals surface area contributed by atoms with Crippen LogP contribution in [-0.2, 0) is 4.74 Å². The highest BCUT2D eigenvalue weighted by molar-refractivity contribution is 7.99. The lowest BCUT2D eigenvalue weighted by Gasteiger charge is -2.17. The molecule has 2 aromatic heterocycles. The highest BCUT2D eigenvalue weighted by Crippen LogP contribution is 2.34. The Balaban J connectivity index is 1.91. The van der Waals surface area contributed by atoms with Crippen molar-refractivity contribution >= 4 is 34.5 Å². The fourth-order valence-electron chi connectivity index (χ4n) is 2.84. The smallest absolute Gasteiger partial charge is 0.191 e. The van der Waals surface area contributed by atoms with Gasteiger partial charge in [0, 0.05) is 12.2 Å². The predicted octanol–water partition coefficient (Wildman–Crippen LogP) is 0.421. The Morgan fingerprint density at radius 3 is 2.84 bits per heavy atom. The SMILES string of the molecule is CCCSc1nc(Cl)c2nnn([C@@H]3C[C@H](OCCO)[C@@H](O)[C@H]3O)c2n1. The topological polar surface area (TPSA) is 126 Å². The van der Waals surface area contributed by atoms with Crippen LogP contribution in [0.25, 0.3) is 11.2 Å². The molecule has 1 aliphatic carbocycles. The molecule has 0 bridgehead atoms. The molecule has 0 saturated heterocycles. The number of fused-ring (bicyclic) bond motifs is 1. The summed E-state index contributed by atoms with van der Waals surface area (Å²) in [5.41, 5.74) is 0.765. The van der Waals surface area contributed by atoms with E-state index in [1.54, 1.807) is 0 Å². The van der Waals surface area contributed by atoms with Crippen LogP contribution in [0.1, 0.15) is 25.8 Å². The van der Waals surface area contributed by atoms with E-state index in [0.29, 0.717) is 22.7 Å². The summed E-state index contributed by atoms with van der Waals surface area (Å²) in [5.74, 6) is 0.852. The lowest BCUT2D eigenvalue weighted by Crippen LogP contribution is -2.33. The summed E-state index contributed by atoms with van der Waals surface area (Å²) in [4.78, 5) is 8.66. The maximum absolute atomic E-state index is 10.4. The minimum atomic E-state index is -1.09. The Morgan fingerprint density at radius 2 is 2.12 bits per heavy atom. The van der Waals surface area contributed by atoms with E-state index < -0.39 is 24.4 Å². The van der Waals surface area contributed by atoms with Gasteiger partial charge < -0.3 is 20.1 Å². The highest BCUT2D eigenvalue weighted by atomic mass is 35.5. The zero-order valence-corrected chi connectivity index (χ0v) is 15.2. The number of ether oxygens (including phenoxy) is 1. The monoisotopic (exact) mass is 389 g/mol. The number of hydrogen-bond acceptors (Lipinski definition) is 9. The van der Waals surface area contributed by atoms with Gasteiger partial charge in [-0.2, -0.15) is 0 Å². The van der Waals surface area contributed by atoms with Gasteiger partial charge in [0.05, 0.1) is 25.4 Å². The number of thioether (sulfide) groups is 1. The fourth-order valence-corrected chi connectivity index (χ4v) is 3.79. The average Bonchev–Trinajstić information content (AvgIpc) is 3.14. The molecular formula is C14H20ClN5O4S. The Labute approximate surface area is 153 Å². The van der Waals surface area contributed by atoms with Crippen molar-refractivity contribution in [3.63, 3.8) is 0 Å². The van der Waals surface area contributed by atoms with Gasteiger partial charge in [0.15, 0.2) is 21.5 Å². The average molecular weight is 390 g/mol. The minimum absolute atomic E-state index is 0.0884. The molecule has 0 aliphatic heterocycles. The second-order valence-corrected chi connectivity index (χ2v) is 7.19. The van der Waals surface area contributed by atoms with Crippen LogP contribution >= 0.6 is 23.4 Å². The van der Waals surface area contributed by atoms with Crippen molar-refractivity contribution in [3.8, 4) is 0 Å². The first-order valence-electron chi connectivity index (χ1n) is 8.06. The molecule has 0 aromatic carbocycles. The van der Waals surface area contributed by atoms with Gasteiger partial charge in [0.1, 0.15) is 12.2 Å². The molecule has 3 rings (SSSR count). The van der Waals surface area contributed by atoms with Crippen molar-refractivity contribution < 1.29 is 20.1 Å². The quantitative estimate of drug-likeness (QED) is 0.350. The van der Waals surface area contributed by atoms with Crippen LogP contribution in [0.2, 0.25) is 5.15 Å². The molecule has 0 radical (unpaired) electrons. The second-order valence-electron chi connectivity index (χ2n) is 5.77.